The Balaban J connectivity index is 1.88. The van der Waals surface area contributed by atoms with Crippen LogP contribution in [-0.2, 0) is 0 Å². The molecule has 0 saturated carbocycles. The fraction of sp³-hybridized carbons (Fsp3) is 0.190. The van der Waals surface area contributed by atoms with Gasteiger partial charge in [-0.05, 0) is 42.3 Å². The molecule has 0 radical (unpaired) electrons. The maximum atomic E-state index is 12.7. The molecule has 6 nitrogen and oxygen atoms in total. The van der Waals surface area contributed by atoms with Crippen molar-refractivity contribution in [3.05, 3.63) is 76.6 Å². The van der Waals surface area contributed by atoms with E-state index in [1.165, 1.54) is 6.07 Å². The Kier molecular flexibility index (Phi) is 5.80. The number of nitrogens with zero attached hydrogens (tertiary/aromatic N) is 2. The Bertz CT molecular complexity index is 1010. The molecule has 0 fully saturated rings. The third-order valence-corrected chi connectivity index (χ3v) is 4.58. The summed E-state index contributed by atoms with van der Waals surface area (Å²) in [5.74, 6) is -0.432. The molecule has 2 amide bonds. The van der Waals surface area contributed by atoms with Gasteiger partial charge in [0.05, 0.1) is 16.4 Å². The van der Waals surface area contributed by atoms with Crippen molar-refractivity contribution >= 4 is 29.1 Å². The number of para-hydroxylation sites is 1. The molecule has 3 aromatic rings. The summed E-state index contributed by atoms with van der Waals surface area (Å²) in [6.07, 6.45) is 0. The molecule has 1 heterocycles. The van der Waals surface area contributed by atoms with E-state index < -0.39 is 0 Å². The minimum atomic E-state index is -0.369. The van der Waals surface area contributed by atoms with Crippen LogP contribution in [0.2, 0.25) is 5.02 Å². The summed E-state index contributed by atoms with van der Waals surface area (Å²) in [6, 6.07) is 16.1. The molecule has 144 valence electrons. The molecular formula is C21H21ClN4O2. The number of nitrogens with one attached hydrogen (secondary N) is 2. The number of hydrogen-bond acceptors (Lipinski definition) is 3. The van der Waals surface area contributed by atoms with E-state index in [4.69, 9.17) is 11.6 Å². The Morgan fingerprint density at radius 1 is 1.04 bits per heavy atom. The van der Waals surface area contributed by atoms with Gasteiger partial charge in [0.2, 0.25) is 0 Å². The number of rotatable bonds is 5. The molecule has 0 aliphatic carbocycles. The molecule has 0 bridgehead atoms. The fourth-order valence-electron chi connectivity index (χ4n) is 2.78. The number of carbonyl (C=O) groups excluding carboxylic acids is 2. The van der Waals surface area contributed by atoms with Crippen molar-refractivity contribution < 1.29 is 9.59 Å². The monoisotopic (exact) mass is 396 g/mol. The number of hydrogen-bond donors (Lipinski definition) is 2. The second-order valence-electron chi connectivity index (χ2n) is 6.58. The highest BCUT2D eigenvalue weighted by molar-refractivity contribution is 6.34. The normalized spacial score (nSPS) is 10.8. The van der Waals surface area contributed by atoms with E-state index >= 15 is 0 Å². The first-order valence-corrected chi connectivity index (χ1v) is 9.27. The molecule has 0 spiro atoms. The molecule has 1 aromatic heterocycles. The molecule has 2 aromatic carbocycles. The number of amides is 2. The topological polar surface area (TPSA) is 76.0 Å². The van der Waals surface area contributed by atoms with Crippen LogP contribution in [0.25, 0.3) is 5.69 Å². The van der Waals surface area contributed by atoms with E-state index in [1.807, 2.05) is 44.2 Å². The summed E-state index contributed by atoms with van der Waals surface area (Å²) in [7, 11) is 1.54. The number of benzene rings is 2. The second kappa shape index (κ2) is 8.27. The first kappa shape index (κ1) is 19.6. The van der Waals surface area contributed by atoms with Crippen LogP contribution in [0.5, 0.6) is 0 Å². The maximum Gasteiger partial charge on any atom is 0.276 e. The number of halogens is 1. The van der Waals surface area contributed by atoms with Crippen molar-refractivity contribution in [1.29, 1.82) is 0 Å². The van der Waals surface area contributed by atoms with Gasteiger partial charge in [-0.1, -0.05) is 43.6 Å². The Hall–Kier alpha value is -3.12. The predicted octanol–water partition coefficient (Wildman–Crippen LogP) is 4.26. The third-order valence-electron chi connectivity index (χ3n) is 4.27. The summed E-state index contributed by atoms with van der Waals surface area (Å²) in [5, 5.41) is 10.1. The summed E-state index contributed by atoms with van der Waals surface area (Å²) < 4.78 is 1.77. The van der Waals surface area contributed by atoms with Gasteiger partial charge in [-0.2, -0.15) is 5.10 Å². The van der Waals surface area contributed by atoms with Crippen LogP contribution in [-0.4, -0.2) is 28.6 Å². The smallest absolute Gasteiger partial charge is 0.276 e. The van der Waals surface area contributed by atoms with E-state index in [0.29, 0.717) is 16.9 Å². The van der Waals surface area contributed by atoms with Crippen LogP contribution in [0.4, 0.5) is 5.69 Å². The number of aromatic nitrogens is 2. The quantitative estimate of drug-likeness (QED) is 0.676. The van der Waals surface area contributed by atoms with Crippen molar-refractivity contribution in [1.82, 2.24) is 15.1 Å². The van der Waals surface area contributed by atoms with Crippen LogP contribution in [0.3, 0.4) is 0 Å². The van der Waals surface area contributed by atoms with Crippen molar-refractivity contribution in [2.75, 3.05) is 12.4 Å². The fourth-order valence-corrected chi connectivity index (χ4v) is 3.01. The van der Waals surface area contributed by atoms with Crippen molar-refractivity contribution in [3.63, 3.8) is 0 Å². The Morgan fingerprint density at radius 3 is 2.36 bits per heavy atom. The predicted molar refractivity (Wildman–Crippen MR) is 110 cm³/mol. The average molecular weight is 397 g/mol. The minimum absolute atomic E-state index is 0.185. The molecule has 0 aliphatic heterocycles. The van der Waals surface area contributed by atoms with Crippen LogP contribution in [0.1, 0.15) is 46.3 Å². The highest BCUT2D eigenvalue weighted by Crippen LogP contribution is 2.25. The SMILES string of the molecule is CNC(=O)c1ccc(NC(=O)c2cc(C(C)C)n(-c3ccccc3)n2)c(Cl)c1. The van der Waals surface area contributed by atoms with Gasteiger partial charge in [0.15, 0.2) is 5.69 Å². The zero-order chi connectivity index (χ0) is 20.3. The summed E-state index contributed by atoms with van der Waals surface area (Å²) in [4.78, 5) is 24.4. The summed E-state index contributed by atoms with van der Waals surface area (Å²) in [5.41, 5.74) is 2.94. The van der Waals surface area contributed by atoms with E-state index in [-0.39, 0.29) is 22.8 Å². The van der Waals surface area contributed by atoms with Gasteiger partial charge < -0.3 is 10.6 Å². The Labute approximate surface area is 168 Å². The second-order valence-corrected chi connectivity index (χ2v) is 6.99. The van der Waals surface area contributed by atoms with E-state index in [9.17, 15) is 9.59 Å². The van der Waals surface area contributed by atoms with Crippen molar-refractivity contribution in [3.8, 4) is 5.69 Å². The van der Waals surface area contributed by atoms with Gasteiger partial charge in [-0.3, -0.25) is 9.59 Å². The molecule has 0 atom stereocenters. The van der Waals surface area contributed by atoms with Crippen LogP contribution in [0, 0.1) is 0 Å². The highest BCUT2D eigenvalue weighted by atomic mass is 35.5. The van der Waals surface area contributed by atoms with Gasteiger partial charge in [0.25, 0.3) is 11.8 Å². The maximum absolute atomic E-state index is 12.7. The van der Waals surface area contributed by atoms with Crippen LogP contribution < -0.4 is 10.6 Å². The van der Waals surface area contributed by atoms with E-state index in [1.54, 1.807) is 29.9 Å². The minimum Gasteiger partial charge on any atom is -0.355 e. The van der Waals surface area contributed by atoms with Crippen LogP contribution in [0.15, 0.2) is 54.6 Å². The standard InChI is InChI=1S/C21H21ClN4O2/c1-13(2)19-12-18(25-26(19)15-7-5-4-6-8-15)21(28)24-17-10-9-14(11-16(17)22)20(27)23-3/h4-13H,1-3H3,(H,23,27)(H,24,28). The lowest BCUT2D eigenvalue weighted by Crippen LogP contribution is -2.18. The van der Waals surface area contributed by atoms with Gasteiger partial charge in [0.1, 0.15) is 0 Å². The highest BCUT2D eigenvalue weighted by Gasteiger charge is 2.18. The van der Waals surface area contributed by atoms with Gasteiger partial charge >= 0.3 is 0 Å². The molecular weight excluding hydrogens is 376 g/mol. The van der Waals surface area contributed by atoms with E-state index in [2.05, 4.69) is 15.7 Å². The third kappa shape index (κ3) is 4.07. The van der Waals surface area contributed by atoms with E-state index in [0.717, 1.165) is 11.4 Å². The van der Waals surface area contributed by atoms with Gasteiger partial charge in [-0.15, -0.1) is 0 Å². The first-order valence-electron chi connectivity index (χ1n) is 8.89. The molecule has 28 heavy (non-hydrogen) atoms. The average Bonchev–Trinajstić information content (AvgIpc) is 3.15. The lowest BCUT2D eigenvalue weighted by molar-refractivity contribution is 0.0962. The van der Waals surface area contributed by atoms with Gasteiger partial charge in [-0.25, -0.2) is 4.68 Å². The van der Waals surface area contributed by atoms with Gasteiger partial charge in [0, 0.05) is 18.3 Å². The Morgan fingerprint density at radius 2 is 1.75 bits per heavy atom. The largest absolute Gasteiger partial charge is 0.355 e. The first-order chi connectivity index (χ1) is 13.4. The van der Waals surface area contributed by atoms with Crippen LogP contribution >= 0.6 is 11.6 Å². The number of carbonyl (C=O) groups is 2. The molecule has 0 saturated heterocycles. The zero-order valence-corrected chi connectivity index (χ0v) is 16.6. The van der Waals surface area contributed by atoms with Crippen molar-refractivity contribution in [2.45, 2.75) is 19.8 Å². The summed E-state index contributed by atoms with van der Waals surface area (Å²) >= 11 is 6.22. The molecule has 7 heteroatoms. The lowest BCUT2D eigenvalue weighted by atomic mass is 10.1. The molecule has 0 unspecified atom stereocenters. The molecule has 0 aliphatic rings. The zero-order valence-electron chi connectivity index (χ0n) is 15.9. The van der Waals surface area contributed by atoms with Crippen molar-refractivity contribution in [2.24, 2.45) is 0 Å². The number of anilines is 1. The molecule has 3 rings (SSSR count). The summed E-state index contributed by atoms with van der Waals surface area (Å²) in [6.45, 7) is 4.10. The molecule has 2 N–H and O–H groups in total. The lowest BCUT2D eigenvalue weighted by Gasteiger charge is -2.09.